The number of hydrogen-bond donors (Lipinski definition) is 1. The highest BCUT2D eigenvalue weighted by Gasteiger charge is 2.12. The van der Waals surface area contributed by atoms with Crippen LogP contribution in [0.4, 0.5) is 0 Å². The second-order valence-electron chi connectivity index (χ2n) is 5.12. The Hall–Kier alpha value is -0.380. The highest BCUT2D eigenvalue weighted by molar-refractivity contribution is 7.99. The Kier molecular flexibility index (Phi) is 9.32. The maximum Gasteiger partial charge on any atom is 0.115 e. The van der Waals surface area contributed by atoms with Gasteiger partial charge < -0.3 is 5.11 Å². The summed E-state index contributed by atoms with van der Waals surface area (Å²) in [6.07, 6.45) is 1.20. The minimum Gasteiger partial charge on any atom is -0.508 e. The van der Waals surface area contributed by atoms with E-state index in [0.717, 1.165) is 12.3 Å². The topological polar surface area (TPSA) is 23.5 Å². The summed E-state index contributed by atoms with van der Waals surface area (Å²) in [4.78, 5) is 3.76. The quantitative estimate of drug-likeness (QED) is 0.596. The Morgan fingerprint density at radius 3 is 2.05 bits per heavy atom. The molecule has 0 saturated heterocycles. The first-order chi connectivity index (χ1) is 8.50. The Bertz CT molecular complexity index is 333. The minimum absolute atomic E-state index is 0. The van der Waals surface area contributed by atoms with Crippen molar-refractivity contribution < 1.29 is 5.11 Å². The maximum atomic E-state index is 9.21. The van der Waals surface area contributed by atoms with Crippen molar-refractivity contribution in [3.05, 3.63) is 24.3 Å². The van der Waals surface area contributed by atoms with E-state index in [0.29, 0.717) is 17.8 Å². The maximum absolute atomic E-state index is 9.21. The number of hydrogen-bond acceptors (Lipinski definition) is 3. The lowest BCUT2D eigenvalue weighted by Gasteiger charge is -2.30. The van der Waals surface area contributed by atoms with Gasteiger partial charge in [-0.2, -0.15) is 0 Å². The zero-order valence-electron chi connectivity index (χ0n) is 12.3. The summed E-state index contributed by atoms with van der Waals surface area (Å²) in [5, 5.41) is 9.21. The van der Waals surface area contributed by atoms with E-state index in [9.17, 15) is 5.11 Å². The summed E-state index contributed by atoms with van der Waals surface area (Å²) >= 11 is 1.86. The molecule has 0 atom stereocenters. The van der Waals surface area contributed by atoms with Crippen molar-refractivity contribution in [2.75, 3.05) is 12.3 Å². The summed E-state index contributed by atoms with van der Waals surface area (Å²) in [6.45, 7) is 10.2. The zero-order chi connectivity index (χ0) is 13.5. The molecule has 0 radical (unpaired) electrons. The largest absolute Gasteiger partial charge is 0.508 e. The molecule has 1 aromatic rings. The van der Waals surface area contributed by atoms with Gasteiger partial charge in [0.05, 0.1) is 0 Å². The van der Waals surface area contributed by atoms with Crippen LogP contribution < -0.4 is 0 Å². The van der Waals surface area contributed by atoms with E-state index >= 15 is 0 Å². The van der Waals surface area contributed by atoms with Gasteiger partial charge in [-0.05, 0) is 70.7 Å². The van der Waals surface area contributed by atoms with Crippen LogP contribution in [-0.2, 0) is 0 Å². The first kappa shape index (κ1) is 18.6. The van der Waals surface area contributed by atoms with Gasteiger partial charge in [-0.1, -0.05) is 0 Å². The molecule has 0 saturated carbocycles. The molecule has 0 unspecified atom stereocenters. The Labute approximate surface area is 128 Å². The van der Waals surface area contributed by atoms with Gasteiger partial charge in [0.25, 0.3) is 0 Å². The van der Waals surface area contributed by atoms with E-state index in [2.05, 4.69) is 32.6 Å². The Morgan fingerprint density at radius 1 is 1.05 bits per heavy atom. The van der Waals surface area contributed by atoms with Crippen LogP contribution in [0.1, 0.15) is 34.1 Å². The average molecular weight is 304 g/mol. The normalized spacial score (nSPS) is 11.1. The summed E-state index contributed by atoms with van der Waals surface area (Å²) in [6, 6.07) is 8.67. The molecular formula is C15H26ClNOS. The third-order valence-corrected chi connectivity index (χ3v) is 4.09. The number of benzene rings is 1. The van der Waals surface area contributed by atoms with Crippen LogP contribution in [0.25, 0.3) is 0 Å². The van der Waals surface area contributed by atoms with Gasteiger partial charge in [-0.25, -0.2) is 0 Å². The van der Waals surface area contributed by atoms with Gasteiger partial charge in [-0.15, -0.1) is 24.2 Å². The van der Waals surface area contributed by atoms with Gasteiger partial charge in [0.15, 0.2) is 0 Å². The van der Waals surface area contributed by atoms with Crippen LogP contribution in [0.2, 0.25) is 0 Å². The van der Waals surface area contributed by atoms with Crippen molar-refractivity contribution in [1.29, 1.82) is 0 Å². The van der Waals surface area contributed by atoms with Crippen LogP contribution >= 0.6 is 24.2 Å². The molecule has 19 heavy (non-hydrogen) atoms. The highest BCUT2D eigenvalue weighted by atomic mass is 35.5. The summed E-state index contributed by atoms with van der Waals surface area (Å²) < 4.78 is 0. The van der Waals surface area contributed by atoms with Gasteiger partial charge >= 0.3 is 0 Å². The monoisotopic (exact) mass is 303 g/mol. The summed E-state index contributed by atoms with van der Waals surface area (Å²) in [7, 11) is 0. The summed E-state index contributed by atoms with van der Waals surface area (Å²) in [5.74, 6) is 1.46. The second kappa shape index (κ2) is 9.51. The molecule has 0 aliphatic heterocycles. The van der Waals surface area contributed by atoms with E-state index in [1.54, 1.807) is 12.1 Å². The molecule has 1 rings (SSSR count). The Balaban J connectivity index is 0.00000324. The highest BCUT2D eigenvalue weighted by Crippen LogP contribution is 2.21. The first-order valence-electron chi connectivity index (χ1n) is 6.68. The number of phenolic OH excluding ortho intramolecular Hbond substituents is 1. The van der Waals surface area contributed by atoms with Crippen LogP contribution in [0.3, 0.4) is 0 Å². The van der Waals surface area contributed by atoms with Crippen molar-refractivity contribution in [1.82, 2.24) is 4.90 Å². The number of thioether (sulfide) groups is 1. The fraction of sp³-hybridized carbons (Fsp3) is 0.600. The van der Waals surface area contributed by atoms with Gasteiger partial charge in [0.1, 0.15) is 5.75 Å². The SMILES string of the molecule is CC(C)N(CCCSc1ccc(O)cc1)C(C)C.Cl. The molecule has 0 fully saturated rings. The number of nitrogens with zero attached hydrogens (tertiary/aromatic N) is 1. The predicted octanol–water partition coefficient (Wildman–Crippen LogP) is 4.42. The molecule has 0 aliphatic carbocycles. The van der Waals surface area contributed by atoms with Crippen molar-refractivity contribution in [3.8, 4) is 5.75 Å². The molecule has 110 valence electrons. The molecule has 1 N–H and O–H groups in total. The lowest BCUT2D eigenvalue weighted by Crippen LogP contribution is -2.37. The van der Waals surface area contributed by atoms with Crippen molar-refractivity contribution in [3.63, 3.8) is 0 Å². The molecule has 4 heteroatoms. The van der Waals surface area contributed by atoms with Crippen molar-refractivity contribution in [2.24, 2.45) is 0 Å². The third kappa shape index (κ3) is 7.09. The molecule has 0 aromatic heterocycles. The molecule has 0 bridgehead atoms. The van der Waals surface area contributed by atoms with Gasteiger partial charge in [0, 0.05) is 17.0 Å². The van der Waals surface area contributed by atoms with Gasteiger partial charge in [0.2, 0.25) is 0 Å². The second-order valence-corrected chi connectivity index (χ2v) is 6.29. The molecule has 0 heterocycles. The lowest BCUT2D eigenvalue weighted by molar-refractivity contribution is 0.176. The summed E-state index contributed by atoms with van der Waals surface area (Å²) in [5.41, 5.74) is 0. The van der Waals surface area contributed by atoms with E-state index in [1.807, 2.05) is 23.9 Å². The molecular weight excluding hydrogens is 278 g/mol. The molecule has 0 spiro atoms. The van der Waals surface area contributed by atoms with Crippen LogP contribution in [0.5, 0.6) is 5.75 Å². The molecule has 2 nitrogen and oxygen atoms in total. The molecule has 1 aromatic carbocycles. The smallest absolute Gasteiger partial charge is 0.115 e. The Morgan fingerprint density at radius 2 is 1.58 bits per heavy atom. The van der Waals surface area contributed by atoms with Crippen molar-refractivity contribution in [2.45, 2.75) is 51.1 Å². The van der Waals surface area contributed by atoms with Crippen LogP contribution in [-0.4, -0.2) is 34.4 Å². The van der Waals surface area contributed by atoms with E-state index in [4.69, 9.17) is 0 Å². The zero-order valence-corrected chi connectivity index (χ0v) is 13.9. The average Bonchev–Trinajstić information content (AvgIpc) is 2.30. The lowest BCUT2D eigenvalue weighted by atomic mass is 10.2. The third-order valence-electron chi connectivity index (χ3n) is 2.99. The van der Waals surface area contributed by atoms with E-state index in [1.165, 1.54) is 11.3 Å². The fourth-order valence-corrected chi connectivity index (χ4v) is 2.93. The number of aromatic hydroxyl groups is 1. The van der Waals surface area contributed by atoms with Crippen molar-refractivity contribution >= 4 is 24.2 Å². The van der Waals surface area contributed by atoms with Crippen LogP contribution in [0, 0.1) is 0 Å². The molecule has 0 amide bonds. The number of rotatable bonds is 7. The number of phenols is 1. The minimum atomic E-state index is 0. The van der Waals surface area contributed by atoms with E-state index in [-0.39, 0.29) is 12.4 Å². The van der Waals surface area contributed by atoms with Crippen LogP contribution in [0.15, 0.2) is 29.2 Å². The number of halogens is 1. The fourth-order valence-electron chi connectivity index (χ4n) is 2.09. The van der Waals surface area contributed by atoms with Gasteiger partial charge in [-0.3, -0.25) is 4.90 Å². The van der Waals surface area contributed by atoms with E-state index < -0.39 is 0 Å². The predicted molar refractivity (Wildman–Crippen MR) is 87.7 cm³/mol. The molecule has 0 aliphatic rings. The first-order valence-corrected chi connectivity index (χ1v) is 7.67. The standard InChI is InChI=1S/C15H25NOS.ClH/c1-12(2)16(13(3)4)10-5-11-18-15-8-6-14(17)7-9-15;/h6-9,12-13,17H,5,10-11H2,1-4H3;1H.